The predicted octanol–water partition coefficient (Wildman–Crippen LogP) is 2.45. The van der Waals surface area contributed by atoms with Crippen molar-refractivity contribution in [2.75, 3.05) is 23.7 Å². The molecule has 3 N–H and O–H groups in total. The lowest BCUT2D eigenvalue weighted by Crippen LogP contribution is -2.29. The highest BCUT2D eigenvalue weighted by molar-refractivity contribution is 7.89. The number of pyridine rings is 1. The minimum absolute atomic E-state index is 0.0584. The van der Waals surface area contributed by atoms with E-state index in [1.165, 1.54) is 24.5 Å². The molecule has 0 aliphatic carbocycles. The van der Waals surface area contributed by atoms with Crippen LogP contribution in [0.3, 0.4) is 0 Å². The van der Waals surface area contributed by atoms with E-state index in [0.29, 0.717) is 17.5 Å². The minimum atomic E-state index is -3.92. The molecule has 0 spiro atoms. The molecule has 0 saturated heterocycles. The van der Waals surface area contributed by atoms with Crippen LogP contribution < -0.4 is 15.4 Å². The number of nitrogens with one attached hydrogen (secondary N) is 3. The molecule has 28 heavy (non-hydrogen) atoms. The van der Waals surface area contributed by atoms with Gasteiger partial charge in [-0.25, -0.2) is 32.5 Å². The maximum atomic E-state index is 13.6. The molecule has 0 bridgehead atoms. The normalized spacial score (nSPS) is 11.2. The average molecular weight is 402 g/mol. The first-order valence-corrected chi connectivity index (χ1v) is 9.92. The van der Waals surface area contributed by atoms with Crippen molar-refractivity contribution in [1.82, 2.24) is 19.7 Å². The maximum Gasteiger partial charge on any atom is 0.243 e. The van der Waals surface area contributed by atoms with Gasteiger partial charge in [0.2, 0.25) is 10.0 Å². The minimum Gasteiger partial charge on any atom is -0.369 e. The maximum absolute atomic E-state index is 13.6. The molecule has 0 radical (unpaired) electrons. The summed E-state index contributed by atoms with van der Waals surface area (Å²) in [4.78, 5) is 12.0. The Labute approximate surface area is 162 Å². The number of anilines is 3. The highest BCUT2D eigenvalue weighted by Gasteiger charge is 2.17. The number of rotatable bonds is 8. The summed E-state index contributed by atoms with van der Waals surface area (Å²) in [7, 11) is -3.92. The van der Waals surface area contributed by atoms with Crippen LogP contribution >= 0.6 is 0 Å². The molecule has 1 aromatic carbocycles. The van der Waals surface area contributed by atoms with Crippen molar-refractivity contribution in [3.63, 3.8) is 0 Å². The molecule has 3 rings (SSSR count). The summed E-state index contributed by atoms with van der Waals surface area (Å²) in [5, 5.41) is 6.06. The van der Waals surface area contributed by atoms with Crippen LogP contribution in [0.2, 0.25) is 0 Å². The van der Waals surface area contributed by atoms with E-state index < -0.39 is 15.8 Å². The quantitative estimate of drug-likeness (QED) is 0.497. The van der Waals surface area contributed by atoms with Crippen LogP contribution in [-0.4, -0.2) is 36.5 Å². The van der Waals surface area contributed by atoms with Gasteiger partial charge in [0.15, 0.2) is 0 Å². The van der Waals surface area contributed by atoms with Crippen LogP contribution in [-0.2, 0) is 10.0 Å². The van der Waals surface area contributed by atoms with Crippen LogP contribution in [0, 0.1) is 12.7 Å². The van der Waals surface area contributed by atoms with Gasteiger partial charge in [0.25, 0.3) is 0 Å². The fourth-order valence-corrected chi connectivity index (χ4v) is 3.48. The molecule has 146 valence electrons. The van der Waals surface area contributed by atoms with Crippen molar-refractivity contribution < 1.29 is 12.8 Å². The zero-order valence-electron chi connectivity index (χ0n) is 15.1. The van der Waals surface area contributed by atoms with Crippen molar-refractivity contribution in [3.05, 3.63) is 66.4 Å². The van der Waals surface area contributed by atoms with Gasteiger partial charge in [-0.15, -0.1) is 0 Å². The monoisotopic (exact) mass is 402 g/mol. The predicted molar refractivity (Wildman–Crippen MR) is 104 cm³/mol. The molecule has 0 atom stereocenters. The second kappa shape index (κ2) is 8.72. The Balaban J connectivity index is 1.55. The van der Waals surface area contributed by atoms with Crippen molar-refractivity contribution in [3.8, 4) is 0 Å². The second-order valence-corrected chi connectivity index (χ2v) is 7.62. The average Bonchev–Trinajstić information content (AvgIpc) is 2.66. The molecule has 0 aliphatic rings. The van der Waals surface area contributed by atoms with Gasteiger partial charge in [0, 0.05) is 25.4 Å². The van der Waals surface area contributed by atoms with Gasteiger partial charge in [0.1, 0.15) is 34.5 Å². The largest absolute Gasteiger partial charge is 0.369 e. The fraction of sp³-hybridized carbons (Fsp3) is 0.167. The lowest BCUT2D eigenvalue weighted by molar-refractivity contribution is 0.558. The molecule has 3 aromatic rings. The summed E-state index contributed by atoms with van der Waals surface area (Å²) in [5.74, 6) is 0.916. The van der Waals surface area contributed by atoms with E-state index in [4.69, 9.17) is 0 Å². The molecule has 10 heteroatoms. The Morgan fingerprint density at radius 1 is 0.964 bits per heavy atom. The molecule has 2 heterocycles. The van der Waals surface area contributed by atoms with E-state index in [1.54, 1.807) is 12.3 Å². The smallest absolute Gasteiger partial charge is 0.243 e. The van der Waals surface area contributed by atoms with E-state index in [1.807, 2.05) is 19.1 Å². The third-order valence-electron chi connectivity index (χ3n) is 3.69. The molecule has 8 nitrogen and oxygen atoms in total. The van der Waals surface area contributed by atoms with E-state index >= 15 is 0 Å². The summed E-state index contributed by atoms with van der Waals surface area (Å²) < 4.78 is 40.2. The summed E-state index contributed by atoms with van der Waals surface area (Å²) in [6.07, 6.45) is 3.07. The standard InChI is InChI=1S/C18H19FN6O2S/c1-13-6-7-20-17(10-13)25-18-11-16(22-12-23-18)21-8-9-24-28(26,27)15-5-3-2-4-14(15)19/h2-7,10-12,24H,8-9H2,1H3,(H2,20,21,22,23,25). The summed E-state index contributed by atoms with van der Waals surface area (Å²) >= 11 is 0. The highest BCUT2D eigenvalue weighted by atomic mass is 32.2. The molecule has 2 aromatic heterocycles. The van der Waals surface area contributed by atoms with E-state index in [2.05, 4.69) is 30.3 Å². The molecule has 0 amide bonds. The van der Waals surface area contributed by atoms with Crippen LogP contribution in [0.4, 0.5) is 21.8 Å². The Morgan fingerprint density at radius 2 is 1.71 bits per heavy atom. The number of aromatic nitrogens is 3. The lowest BCUT2D eigenvalue weighted by atomic mass is 10.3. The van der Waals surface area contributed by atoms with Crippen molar-refractivity contribution in [1.29, 1.82) is 0 Å². The van der Waals surface area contributed by atoms with Gasteiger partial charge in [-0.3, -0.25) is 0 Å². The molecule has 0 unspecified atom stereocenters. The third-order valence-corrected chi connectivity index (χ3v) is 5.18. The van der Waals surface area contributed by atoms with Crippen molar-refractivity contribution in [2.45, 2.75) is 11.8 Å². The lowest BCUT2D eigenvalue weighted by Gasteiger charge is -2.10. The molecule has 0 fully saturated rings. The molecular weight excluding hydrogens is 383 g/mol. The van der Waals surface area contributed by atoms with Crippen molar-refractivity contribution in [2.24, 2.45) is 0 Å². The van der Waals surface area contributed by atoms with E-state index in [9.17, 15) is 12.8 Å². The summed E-state index contributed by atoms with van der Waals surface area (Å²) in [6.45, 7) is 2.28. The zero-order chi connectivity index (χ0) is 20.0. The number of benzene rings is 1. The summed E-state index contributed by atoms with van der Waals surface area (Å²) in [5.41, 5.74) is 1.06. The second-order valence-electron chi connectivity index (χ2n) is 5.89. The molecule has 0 saturated carbocycles. The third kappa shape index (κ3) is 5.21. The van der Waals surface area contributed by atoms with E-state index in [0.717, 1.165) is 11.6 Å². The highest BCUT2D eigenvalue weighted by Crippen LogP contribution is 2.15. The van der Waals surface area contributed by atoms with Gasteiger partial charge in [-0.2, -0.15) is 0 Å². The SMILES string of the molecule is Cc1ccnc(Nc2cc(NCCNS(=O)(=O)c3ccccc3F)ncn2)c1. The van der Waals surface area contributed by atoms with Gasteiger partial charge in [-0.05, 0) is 36.8 Å². The number of aryl methyl sites for hydroxylation is 1. The molecule has 0 aliphatic heterocycles. The first kappa shape index (κ1) is 19.6. The van der Waals surface area contributed by atoms with Crippen LogP contribution in [0.1, 0.15) is 5.56 Å². The van der Waals surface area contributed by atoms with Gasteiger partial charge in [-0.1, -0.05) is 12.1 Å². The first-order chi connectivity index (χ1) is 13.4. The Morgan fingerprint density at radius 3 is 2.50 bits per heavy atom. The number of sulfonamides is 1. The van der Waals surface area contributed by atoms with Crippen LogP contribution in [0.25, 0.3) is 0 Å². The Kier molecular flexibility index (Phi) is 6.12. The first-order valence-electron chi connectivity index (χ1n) is 8.44. The van der Waals surface area contributed by atoms with Crippen LogP contribution in [0.15, 0.2) is 59.9 Å². The van der Waals surface area contributed by atoms with Gasteiger partial charge >= 0.3 is 0 Å². The summed E-state index contributed by atoms with van der Waals surface area (Å²) in [6, 6.07) is 10.7. The molecular formula is C18H19FN6O2S. The van der Waals surface area contributed by atoms with Gasteiger partial charge < -0.3 is 10.6 Å². The Hall–Kier alpha value is -3.11. The number of halogens is 1. The van der Waals surface area contributed by atoms with Gasteiger partial charge in [0.05, 0.1) is 0 Å². The zero-order valence-corrected chi connectivity index (χ0v) is 15.9. The topological polar surface area (TPSA) is 109 Å². The van der Waals surface area contributed by atoms with E-state index in [-0.39, 0.29) is 18.0 Å². The van der Waals surface area contributed by atoms with Crippen molar-refractivity contribution >= 4 is 27.5 Å². The number of hydrogen-bond acceptors (Lipinski definition) is 7. The number of hydrogen-bond donors (Lipinski definition) is 3. The Bertz CT molecular complexity index is 1060. The van der Waals surface area contributed by atoms with Crippen LogP contribution in [0.5, 0.6) is 0 Å². The number of nitrogens with zero attached hydrogens (tertiary/aromatic N) is 3. The fourth-order valence-electron chi connectivity index (χ4n) is 2.37.